The highest BCUT2D eigenvalue weighted by molar-refractivity contribution is 7.89. The van der Waals surface area contributed by atoms with Crippen LogP contribution in [-0.4, -0.2) is 57.0 Å². The van der Waals surface area contributed by atoms with Crippen molar-refractivity contribution in [3.63, 3.8) is 0 Å². The van der Waals surface area contributed by atoms with Crippen molar-refractivity contribution in [3.05, 3.63) is 66.4 Å². The van der Waals surface area contributed by atoms with Gasteiger partial charge >= 0.3 is 6.03 Å². The number of hydrogen-bond donors (Lipinski definition) is 2. The number of ether oxygens (including phenoxy) is 1. The maximum atomic E-state index is 12.2. The van der Waals surface area contributed by atoms with Crippen molar-refractivity contribution >= 4 is 33.1 Å². The highest BCUT2D eigenvalue weighted by atomic mass is 32.2. The number of para-hydroxylation sites is 1. The predicted molar refractivity (Wildman–Crippen MR) is 128 cm³/mol. The zero-order valence-corrected chi connectivity index (χ0v) is 19.0. The van der Waals surface area contributed by atoms with Crippen molar-refractivity contribution in [2.24, 2.45) is 0 Å². The van der Waals surface area contributed by atoms with Gasteiger partial charge in [-0.15, -0.1) is 0 Å². The fraction of sp³-hybridized carbons (Fsp3) is 0.261. The number of nitrogens with one attached hydrogen (secondary N) is 2. The van der Waals surface area contributed by atoms with Gasteiger partial charge in [0, 0.05) is 42.3 Å². The maximum absolute atomic E-state index is 12.2. The van der Waals surface area contributed by atoms with Crippen LogP contribution in [-0.2, 0) is 20.3 Å². The Morgan fingerprint density at radius 3 is 2.24 bits per heavy atom. The van der Waals surface area contributed by atoms with Crippen LogP contribution in [0.15, 0.2) is 60.7 Å². The van der Waals surface area contributed by atoms with Gasteiger partial charge in [0.05, 0.1) is 24.7 Å². The topological polar surface area (TPSA) is 114 Å². The van der Waals surface area contributed by atoms with Gasteiger partial charge < -0.3 is 20.3 Å². The molecule has 1 aliphatic heterocycles. The molecule has 1 aliphatic rings. The summed E-state index contributed by atoms with van der Waals surface area (Å²) in [7, 11) is -3.26. The molecule has 0 radical (unpaired) electrons. The van der Waals surface area contributed by atoms with Crippen LogP contribution in [0, 0.1) is 0 Å². The minimum Gasteiger partial charge on any atom is -0.378 e. The van der Waals surface area contributed by atoms with Gasteiger partial charge in [0.2, 0.25) is 0 Å². The number of urea groups is 1. The second-order valence-electron chi connectivity index (χ2n) is 7.73. The van der Waals surface area contributed by atoms with E-state index in [1.54, 1.807) is 42.5 Å². The minimum absolute atomic E-state index is 0.168. The molecule has 1 saturated heterocycles. The van der Waals surface area contributed by atoms with Crippen LogP contribution >= 0.6 is 0 Å². The molecule has 0 bridgehead atoms. The molecule has 0 saturated carbocycles. The zero-order chi connectivity index (χ0) is 23.3. The van der Waals surface area contributed by atoms with Crippen LogP contribution in [0.1, 0.15) is 5.69 Å². The molecular formula is C23H25N5O4S. The summed E-state index contributed by atoms with van der Waals surface area (Å²) in [5.41, 5.74) is 2.45. The molecule has 0 atom stereocenters. The number of morpholine rings is 1. The number of benzene rings is 2. The largest absolute Gasteiger partial charge is 0.378 e. The van der Waals surface area contributed by atoms with Gasteiger partial charge in [0.25, 0.3) is 0 Å². The van der Waals surface area contributed by atoms with E-state index in [0.717, 1.165) is 0 Å². The Kier molecular flexibility index (Phi) is 6.85. The van der Waals surface area contributed by atoms with E-state index in [0.29, 0.717) is 60.6 Å². The number of carbonyl (C=O) groups excluding carboxylic acids is 1. The predicted octanol–water partition coefficient (Wildman–Crippen LogP) is 3.17. The monoisotopic (exact) mass is 467 g/mol. The fourth-order valence-electron chi connectivity index (χ4n) is 3.43. The average Bonchev–Trinajstić information content (AvgIpc) is 2.79. The highest BCUT2D eigenvalue weighted by Gasteiger charge is 2.17. The van der Waals surface area contributed by atoms with Crippen LogP contribution in [0.25, 0.3) is 11.4 Å². The molecule has 172 valence electrons. The Hall–Kier alpha value is -3.50. The lowest BCUT2D eigenvalue weighted by atomic mass is 10.2. The van der Waals surface area contributed by atoms with Crippen molar-refractivity contribution < 1.29 is 17.9 Å². The molecule has 1 fully saturated rings. The molecule has 33 heavy (non-hydrogen) atoms. The molecular weight excluding hydrogens is 442 g/mol. The van der Waals surface area contributed by atoms with Gasteiger partial charge in [-0.2, -0.15) is 0 Å². The highest BCUT2D eigenvalue weighted by Crippen LogP contribution is 2.23. The zero-order valence-electron chi connectivity index (χ0n) is 18.2. The van der Waals surface area contributed by atoms with Gasteiger partial charge in [-0.05, 0) is 36.4 Å². The molecule has 10 heteroatoms. The van der Waals surface area contributed by atoms with E-state index in [9.17, 15) is 13.2 Å². The summed E-state index contributed by atoms with van der Waals surface area (Å²) < 4.78 is 29.2. The second-order valence-corrected chi connectivity index (χ2v) is 9.87. The normalized spacial score (nSPS) is 14.0. The van der Waals surface area contributed by atoms with Gasteiger partial charge in [0.15, 0.2) is 15.7 Å². The maximum Gasteiger partial charge on any atom is 0.323 e. The molecule has 0 aliphatic carbocycles. The molecule has 0 unspecified atom stereocenters. The van der Waals surface area contributed by atoms with Crippen molar-refractivity contribution in [1.82, 2.24) is 9.97 Å². The number of sulfone groups is 1. The number of amides is 2. The lowest BCUT2D eigenvalue weighted by molar-refractivity contribution is 0.122. The standard InChI is InChI=1S/C23H25N5O4S/c1-33(30,31)16-20-15-21(28-11-13-32-14-12-28)27-22(24-20)17-7-9-19(10-8-17)26-23(29)25-18-5-3-2-4-6-18/h2-10,15H,11-14,16H2,1H3,(H2,25,26,29). The molecule has 4 rings (SSSR count). The number of aromatic nitrogens is 2. The Balaban J connectivity index is 1.54. The summed E-state index contributed by atoms with van der Waals surface area (Å²) in [4.78, 5) is 23.4. The fourth-order valence-corrected chi connectivity index (χ4v) is 4.11. The minimum atomic E-state index is -3.26. The van der Waals surface area contributed by atoms with E-state index in [-0.39, 0.29) is 11.8 Å². The molecule has 3 aromatic rings. The lowest BCUT2D eigenvalue weighted by Crippen LogP contribution is -2.37. The van der Waals surface area contributed by atoms with Gasteiger partial charge in [0.1, 0.15) is 5.82 Å². The van der Waals surface area contributed by atoms with Crippen LogP contribution in [0.3, 0.4) is 0 Å². The summed E-state index contributed by atoms with van der Waals surface area (Å²) in [6, 6.07) is 17.6. The Labute approximate surface area is 192 Å². The van der Waals surface area contributed by atoms with E-state index in [2.05, 4.69) is 25.5 Å². The smallest absolute Gasteiger partial charge is 0.323 e. The molecule has 2 N–H and O–H groups in total. The van der Waals surface area contributed by atoms with Crippen LogP contribution < -0.4 is 15.5 Å². The van der Waals surface area contributed by atoms with E-state index in [1.807, 2.05) is 18.2 Å². The van der Waals surface area contributed by atoms with Crippen LogP contribution in [0.2, 0.25) is 0 Å². The first-order valence-electron chi connectivity index (χ1n) is 10.5. The summed E-state index contributed by atoms with van der Waals surface area (Å²) in [6.45, 7) is 2.53. The first kappa shape index (κ1) is 22.7. The van der Waals surface area contributed by atoms with Crippen LogP contribution in [0.5, 0.6) is 0 Å². The first-order chi connectivity index (χ1) is 15.9. The van der Waals surface area contributed by atoms with E-state index >= 15 is 0 Å². The third kappa shape index (κ3) is 6.50. The van der Waals surface area contributed by atoms with Gasteiger partial charge in [-0.25, -0.2) is 23.2 Å². The molecule has 2 heterocycles. The van der Waals surface area contributed by atoms with Crippen molar-refractivity contribution in [3.8, 4) is 11.4 Å². The number of hydrogen-bond acceptors (Lipinski definition) is 7. The summed E-state index contributed by atoms with van der Waals surface area (Å²) in [5.74, 6) is 0.934. The van der Waals surface area contributed by atoms with Crippen molar-refractivity contribution in [2.75, 3.05) is 48.1 Å². The number of carbonyl (C=O) groups is 1. The SMILES string of the molecule is CS(=O)(=O)Cc1cc(N2CCOCC2)nc(-c2ccc(NC(=O)Nc3ccccc3)cc2)n1. The van der Waals surface area contributed by atoms with Gasteiger partial charge in [-0.1, -0.05) is 18.2 Å². The Morgan fingerprint density at radius 1 is 0.970 bits per heavy atom. The second kappa shape index (κ2) is 9.97. The van der Waals surface area contributed by atoms with Crippen molar-refractivity contribution in [1.29, 1.82) is 0 Å². The summed E-state index contributed by atoms with van der Waals surface area (Å²) in [5, 5.41) is 5.54. The number of rotatable bonds is 6. The summed E-state index contributed by atoms with van der Waals surface area (Å²) in [6.07, 6.45) is 1.18. The van der Waals surface area contributed by atoms with Gasteiger partial charge in [-0.3, -0.25) is 0 Å². The Bertz CT molecular complexity index is 1210. The Morgan fingerprint density at radius 2 is 1.61 bits per heavy atom. The van der Waals surface area contributed by atoms with Crippen LogP contribution in [0.4, 0.5) is 22.0 Å². The number of anilines is 3. The first-order valence-corrected chi connectivity index (χ1v) is 12.5. The third-order valence-corrected chi connectivity index (χ3v) is 5.76. The summed E-state index contributed by atoms with van der Waals surface area (Å²) >= 11 is 0. The van der Waals surface area contributed by atoms with E-state index in [4.69, 9.17) is 4.74 Å². The molecule has 2 amide bonds. The lowest BCUT2D eigenvalue weighted by Gasteiger charge is -2.28. The molecule has 0 spiro atoms. The van der Waals surface area contributed by atoms with E-state index < -0.39 is 9.84 Å². The molecule has 9 nitrogen and oxygen atoms in total. The number of nitrogens with zero attached hydrogens (tertiary/aromatic N) is 3. The average molecular weight is 468 g/mol. The van der Waals surface area contributed by atoms with Crippen molar-refractivity contribution in [2.45, 2.75) is 5.75 Å². The third-order valence-electron chi connectivity index (χ3n) is 4.94. The van der Waals surface area contributed by atoms with E-state index in [1.165, 1.54) is 6.26 Å². The molecule has 1 aromatic heterocycles. The molecule has 2 aromatic carbocycles. The quantitative estimate of drug-likeness (QED) is 0.572.